The van der Waals surface area contributed by atoms with E-state index in [0.717, 1.165) is 5.56 Å². The third kappa shape index (κ3) is 8.49. The number of anilines is 1. The van der Waals surface area contributed by atoms with Crippen LogP contribution in [0.3, 0.4) is 0 Å². The number of carbonyl (C=O) groups is 2. The molecule has 0 aromatic heterocycles. The molecule has 166 valence electrons. The van der Waals surface area contributed by atoms with Crippen molar-refractivity contribution in [1.29, 1.82) is 0 Å². The van der Waals surface area contributed by atoms with E-state index in [1.54, 1.807) is 36.4 Å². The fourth-order valence-corrected chi connectivity index (χ4v) is 2.98. The van der Waals surface area contributed by atoms with Crippen molar-refractivity contribution < 1.29 is 29.4 Å². The molecule has 2 aromatic rings. The Bertz CT molecular complexity index is 856. The Morgan fingerprint density at radius 3 is 2.61 bits per heavy atom. The van der Waals surface area contributed by atoms with Crippen molar-refractivity contribution in [3.05, 3.63) is 72.3 Å². The average molecular weight is 428 g/mol. The maximum absolute atomic E-state index is 12.5. The molecular formula is C23H28N2O6. The number of nitrogens with one attached hydrogen (secondary N) is 2. The van der Waals surface area contributed by atoms with Crippen LogP contribution in [0.4, 0.5) is 10.5 Å². The van der Waals surface area contributed by atoms with Gasteiger partial charge in [0, 0.05) is 11.8 Å². The van der Waals surface area contributed by atoms with Crippen molar-refractivity contribution in [3.8, 4) is 5.75 Å². The molecule has 8 nitrogen and oxygen atoms in total. The molecule has 0 unspecified atom stereocenters. The first-order chi connectivity index (χ1) is 15.0. The Hall–Kier alpha value is -3.36. The van der Waals surface area contributed by atoms with Gasteiger partial charge in [0.25, 0.3) is 5.91 Å². The van der Waals surface area contributed by atoms with E-state index in [-0.39, 0.29) is 19.1 Å². The molecule has 2 atom stereocenters. The zero-order valence-corrected chi connectivity index (χ0v) is 17.4. The number of hydroxylamine groups is 1. The van der Waals surface area contributed by atoms with Crippen LogP contribution in [0.1, 0.15) is 31.4 Å². The quantitative estimate of drug-likeness (QED) is 0.246. The molecule has 0 saturated heterocycles. The highest BCUT2D eigenvalue weighted by Gasteiger charge is 2.24. The fourth-order valence-electron chi connectivity index (χ4n) is 2.98. The molecular weight excluding hydrogens is 400 g/mol. The van der Waals surface area contributed by atoms with E-state index in [1.807, 2.05) is 31.2 Å². The summed E-state index contributed by atoms with van der Waals surface area (Å²) < 4.78 is 11.2. The van der Waals surface area contributed by atoms with Gasteiger partial charge in [-0.15, -0.1) is 0 Å². The number of hydrogen-bond donors (Lipinski definition) is 4. The first-order valence-electron chi connectivity index (χ1n) is 10.0. The molecule has 2 amide bonds. The first kappa shape index (κ1) is 23.9. The lowest BCUT2D eigenvalue weighted by atomic mass is 9.93. The number of para-hydroxylation sites is 1. The third-order valence-electron chi connectivity index (χ3n) is 4.49. The van der Waals surface area contributed by atoms with E-state index in [0.29, 0.717) is 24.3 Å². The summed E-state index contributed by atoms with van der Waals surface area (Å²) in [4.78, 5) is 23.6. The molecule has 2 aromatic carbocycles. The summed E-state index contributed by atoms with van der Waals surface area (Å²) in [6.07, 6.45) is 2.91. The normalized spacial score (nSPS) is 12.7. The fraction of sp³-hybridized carbons (Fsp3) is 0.304. The monoisotopic (exact) mass is 428 g/mol. The molecule has 0 fully saturated rings. The number of carbonyl (C=O) groups excluding carboxylic acids is 2. The predicted molar refractivity (Wildman–Crippen MR) is 116 cm³/mol. The molecule has 0 aliphatic rings. The summed E-state index contributed by atoms with van der Waals surface area (Å²) in [5, 5.41) is 20.2. The number of hydrogen-bond acceptors (Lipinski definition) is 6. The van der Waals surface area contributed by atoms with Crippen LogP contribution in [0.15, 0.2) is 66.7 Å². The lowest BCUT2D eigenvalue weighted by molar-refractivity contribution is -0.124. The largest absolute Gasteiger partial charge is 0.491 e. The number of rotatable bonds is 11. The van der Waals surface area contributed by atoms with E-state index in [9.17, 15) is 9.59 Å². The number of benzene rings is 2. The first-order valence-corrected chi connectivity index (χ1v) is 10.0. The van der Waals surface area contributed by atoms with Crippen molar-refractivity contribution in [2.24, 2.45) is 5.92 Å². The van der Waals surface area contributed by atoms with E-state index >= 15 is 0 Å². The van der Waals surface area contributed by atoms with Gasteiger partial charge >= 0.3 is 6.09 Å². The lowest BCUT2D eigenvalue weighted by Crippen LogP contribution is -2.22. The second-order valence-electron chi connectivity index (χ2n) is 6.89. The van der Waals surface area contributed by atoms with Crippen LogP contribution in [0, 0.1) is 5.92 Å². The Kier molecular flexibility index (Phi) is 10.1. The maximum atomic E-state index is 12.5. The van der Waals surface area contributed by atoms with Crippen molar-refractivity contribution in [3.63, 3.8) is 0 Å². The second kappa shape index (κ2) is 13.0. The van der Waals surface area contributed by atoms with Gasteiger partial charge in [0.05, 0.1) is 6.61 Å². The second-order valence-corrected chi connectivity index (χ2v) is 6.89. The van der Waals surface area contributed by atoms with E-state index in [1.165, 1.54) is 11.6 Å². The van der Waals surface area contributed by atoms with Crippen molar-refractivity contribution >= 4 is 17.7 Å². The average Bonchev–Trinajstić information content (AvgIpc) is 2.79. The molecule has 31 heavy (non-hydrogen) atoms. The summed E-state index contributed by atoms with van der Waals surface area (Å²) in [5.41, 5.74) is 2.91. The summed E-state index contributed by atoms with van der Waals surface area (Å²) in [6.45, 7) is 2.01. The zero-order chi connectivity index (χ0) is 22.5. The van der Waals surface area contributed by atoms with Crippen LogP contribution < -0.4 is 15.5 Å². The van der Waals surface area contributed by atoms with Gasteiger partial charge in [-0.2, -0.15) is 0 Å². The van der Waals surface area contributed by atoms with E-state index < -0.39 is 18.1 Å². The van der Waals surface area contributed by atoms with Crippen LogP contribution >= 0.6 is 0 Å². The molecule has 0 saturated carbocycles. The zero-order valence-electron chi connectivity index (χ0n) is 17.4. The van der Waals surface area contributed by atoms with Crippen LogP contribution in [0.2, 0.25) is 0 Å². The standard InChI is InChI=1S/C23H28N2O6/c1-17(8-5-6-13-21(27)25-29)22(18-9-7-12-20(16-18)30-15-14-26)31-23(28)24-19-10-3-2-4-11-19/h2-4,6-7,9-13,16-17,22,26,29H,5,8,14-15H2,1H3,(H,24,28)(H,25,27)/b13-6+/t17-,22+/m1/s1. The highest BCUT2D eigenvalue weighted by Crippen LogP contribution is 2.32. The molecule has 0 aliphatic carbocycles. The van der Waals surface area contributed by atoms with Crippen LogP contribution in [-0.4, -0.2) is 35.5 Å². The van der Waals surface area contributed by atoms with Gasteiger partial charge in [-0.1, -0.05) is 43.3 Å². The topological polar surface area (TPSA) is 117 Å². The van der Waals surface area contributed by atoms with Crippen molar-refractivity contribution in [1.82, 2.24) is 5.48 Å². The molecule has 8 heteroatoms. The maximum Gasteiger partial charge on any atom is 0.412 e. The molecule has 0 bridgehead atoms. The Morgan fingerprint density at radius 2 is 1.90 bits per heavy atom. The molecule has 0 radical (unpaired) electrons. The Balaban J connectivity index is 2.13. The summed E-state index contributed by atoms with van der Waals surface area (Å²) >= 11 is 0. The Labute approximate surface area is 181 Å². The highest BCUT2D eigenvalue weighted by atomic mass is 16.6. The van der Waals surface area contributed by atoms with Gasteiger partial charge < -0.3 is 14.6 Å². The minimum Gasteiger partial charge on any atom is -0.491 e. The Morgan fingerprint density at radius 1 is 1.13 bits per heavy atom. The smallest absolute Gasteiger partial charge is 0.412 e. The van der Waals surface area contributed by atoms with Crippen molar-refractivity contribution in [2.45, 2.75) is 25.9 Å². The van der Waals surface area contributed by atoms with Gasteiger partial charge in [0.1, 0.15) is 18.5 Å². The summed E-state index contributed by atoms with van der Waals surface area (Å²) in [5.74, 6) is -0.122. The summed E-state index contributed by atoms with van der Waals surface area (Å²) in [6, 6.07) is 16.2. The highest BCUT2D eigenvalue weighted by molar-refractivity contribution is 5.86. The number of aliphatic hydroxyl groups excluding tert-OH is 1. The molecule has 0 spiro atoms. The SMILES string of the molecule is C[C@H](CC/C=C/C(=O)NO)[C@H](OC(=O)Nc1ccccc1)c1cccc(OCCO)c1. The van der Waals surface area contributed by atoms with Crippen LogP contribution in [0.25, 0.3) is 0 Å². The number of allylic oxidation sites excluding steroid dienone is 1. The lowest BCUT2D eigenvalue weighted by Gasteiger charge is -2.25. The van der Waals surface area contributed by atoms with Gasteiger partial charge in [-0.25, -0.2) is 10.3 Å². The van der Waals surface area contributed by atoms with Gasteiger partial charge in [-0.05, 0) is 48.6 Å². The minimum absolute atomic E-state index is 0.0866. The number of ether oxygens (including phenoxy) is 2. The van der Waals surface area contributed by atoms with Gasteiger partial charge in [0.15, 0.2) is 0 Å². The molecule has 0 aliphatic heterocycles. The number of aliphatic hydroxyl groups is 1. The van der Waals surface area contributed by atoms with Crippen LogP contribution in [0.5, 0.6) is 5.75 Å². The van der Waals surface area contributed by atoms with Crippen LogP contribution in [-0.2, 0) is 9.53 Å². The molecule has 0 heterocycles. The minimum atomic E-state index is -0.601. The van der Waals surface area contributed by atoms with E-state index in [2.05, 4.69) is 5.32 Å². The predicted octanol–water partition coefficient (Wildman–Crippen LogP) is 3.83. The molecule has 2 rings (SSSR count). The summed E-state index contributed by atoms with van der Waals surface area (Å²) in [7, 11) is 0. The van der Waals surface area contributed by atoms with E-state index in [4.69, 9.17) is 19.8 Å². The third-order valence-corrected chi connectivity index (χ3v) is 4.49. The van der Waals surface area contributed by atoms with Gasteiger partial charge in [-0.3, -0.25) is 15.3 Å². The van der Waals surface area contributed by atoms with Crippen molar-refractivity contribution in [2.75, 3.05) is 18.5 Å². The number of amides is 2. The van der Waals surface area contributed by atoms with Gasteiger partial charge in [0.2, 0.25) is 0 Å². The molecule has 4 N–H and O–H groups in total.